The maximum absolute atomic E-state index is 9.04. The predicted octanol–water partition coefficient (Wildman–Crippen LogP) is -2.65. The molecule has 0 saturated carbocycles. The highest BCUT2D eigenvalue weighted by Crippen LogP contribution is 2.09. The Morgan fingerprint density at radius 2 is 1.90 bits per heavy atom. The van der Waals surface area contributed by atoms with Gasteiger partial charge in [0.05, 0.1) is 12.6 Å². The molecule has 1 aliphatic heterocycles. The molecule has 0 aliphatic carbocycles. The second-order valence-corrected chi connectivity index (χ2v) is 2.46. The van der Waals surface area contributed by atoms with Crippen molar-refractivity contribution in [3.63, 3.8) is 0 Å². The van der Waals surface area contributed by atoms with E-state index in [1.165, 1.54) is 0 Å². The van der Waals surface area contributed by atoms with Crippen molar-refractivity contribution in [1.29, 1.82) is 0 Å². The van der Waals surface area contributed by atoms with Gasteiger partial charge in [-0.2, -0.15) is 0 Å². The monoisotopic (exact) mass is 148 g/mol. The van der Waals surface area contributed by atoms with E-state index in [9.17, 15) is 0 Å². The lowest BCUT2D eigenvalue weighted by Gasteiger charge is -2.33. The lowest BCUT2D eigenvalue weighted by Crippen LogP contribution is -2.60. The first-order valence-electron chi connectivity index (χ1n) is 3.12. The van der Waals surface area contributed by atoms with E-state index in [-0.39, 0.29) is 6.61 Å². The number of aliphatic hydroxyl groups excluding tert-OH is 2. The average Bonchev–Trinajstić information content (AvgIpc) is 1.93. The van der Waals surface area contributed by atoms with Crippen molar-refractivity contribution < 1.29 is 14.9 Å². The van der Waals surface area contributed by atoms with Crippen LogP contribution in [0.3, 0.4) is 0 Å². The summed E-state index contributed by atoms with van der Waals surface area (Å²) in [5.41, 5.74) is 10.8. The Balaban J connectivity index is 2.52. The van der Waals surface area contributed by atoms with Crippen molar-refractivity contribution in [2.75, 3.05) is 6.61 Å². The van der Waals surface area contributed by atoms with E-state index in [1.54, 1.807) is 0 Å². The number of hydrogen-bond acceptors (Lipinski definition) is 5. The van der Waals surface area contributed by atoms with Crippen molar-refractivity contribution in [2.24, 2.45) is 11.5 Å². The summed E-state index contributed by atoms with van der Waals surface area (Å²) in [6.45, 7) is 0.194. The summed E-state index contributed by atoms with van der Waals surface area (Å²) in [5.74, 6) is 0. The van der Waals surface area contributed by atoms with Crippen molar-refractivity contribution in [1.82, 2.24) is 0 Å². The van der Waals surface area contributed by atoms with Gasteiger partial charge < -0.3 is 26.4 Å². The zero-order chi connectivity index (χ0) is 7.72. The minimum atomic E-state index is -1.19. The van der Waals surface area contributed by atoms with E-state index in [0.29, 0.717) is 0 Å². The fourth-order valence-corrected chi connectivity index (χ4v) is 0.863. The largest absolute Gasteiger partial charge is 0.386 e. The molecule has 0 bridgehead atoms. The molecule has 0 spiro atoms. The van der Waals surface area contributed by atoms with Gasteiger partial charge >= 0.3 is 0 Å². The van der Waals surface area contributed by atoms with Crippen LogP contribution in [0, 0.1) is 0 Å². The van der Waals surface area contributed by atoms with Crippen LogP contribution < -0.4 is 11.5 Å². The molecule has 10 heavy (non-hydrogen) atoms. The Labute approximate surface area is 58.6 Å². The molecule has 1 saturated heterocycles. The third-order valence-electron chi connectivity index (χ3n) is 1.64. The maximum atomic E-state index is 9.04. The third kappa shape index (κ3) is 1.28. The molecule has 0 aromatic carbocycles. The second-order valence-electron chi connectivity index (χ2n) is 2.46. The minimum Gasteiger partial charge on any atom is -0.386 e. The first-order valence-corrected chi connectivity index (χ1v) is 3.12. The summed E-state index contributed by atoms with van der Waals surface area (Å²) in [6.07, 6.45) is -2.25. The molecule has 1 fully saturated rings. The van der Waals surface area contributed by atoms with Gasteiger partial charge in [-0.15, -0.1) is 0 Å². The average molecular weight is 148 g/mol. The molecule has 1 unspecified atom stereocenters. The van der Waals surface area contributed by atoms with Crippen LogP contribution in [0.4, 0.5) is 0 Å². The fraction of sp³-hybridized carbons (Fsp3) is 1.00. The van der Waals surface area contributed by atoms with Crippen molar-refractivity contribution in [2.45, 2.75) is 24.5 Å². The summed E-state index contributed by atoms with van der Waals surface area (Å²) in [4.78, 5) is 0. The highest BCUT2D eigenvalue weighted by atomic mass is 16.6. The van der Waals surface area contributed by atoms with E-state index in [1.807, 2.05) is 0 Å². The number of hydrogen-bond donors (Lipinski definition) is 4. The van der Waals surface area contributed by atoms with Gasteiger partial charge in [-0.05, 0) is 0 Å². The maximum Gasteiger partial charge on any atom is 0.182 e. The fourth-order valence-electron chi connectivity index (χ4n) is 0.863. The topological polar surface area (TPSA) is 102 Å². The van der Waals surface area contributed by atoms with Crippen LogP contribution in [0.2, 0.25) is 0 Å². The van der Waals surface area contributed by atoms with Crippen molar-refractivity contribution >= 4 is 0 Å². The lowest BCUT2D eigenvalue weighted by atomic mass is 10.0. The molecular formula is C5H12N2O3. The number of aliphatic hydroxyl groups is 2. The van der Waals surface area contributed by atoms with Crippen LogP contribution in [-0.2, 0) is 4.74 Å². The standard InChI is InChI=1S/C5H12N2O3/c6-2-1-10-5(9)4(8)3(2)7/h2-5,8-9H,1,6-7H2/t2-,3+,4-,5?/m0/s1. The van der Waals surface area contributed by atoms with Gasteiger partial charge in [-0.25, -0.2) is 0 Å². The van der Waals surface area contributed by atoms with Crippen LogP contribution in [0.1, 0.15) is 0 Å². The zero-order valence-corrected chi connectivity index (χ0v) is 5.47. The van der Waals surface area contributed by atoms with Gasteiger partial charge in [-0.3, -0.25) is 0 Å². The first-order chi connectivity index (χ1) is 4.63. The van der Waals surface area contributed by atoms with Gasteiger partial charge in [0.2, 0.25) is 0 Å². The van der Waals surface area contributed by atoms with Gasteiger partial charge in [0.15, 0.2) is 6.29 Å². The van der Waals surface area contributed by atoms with Crippen LogP contribution in [0.5, 0.6) is 0 Å². The first kappa shape index (κ1) is 7.90. The molecule has 0 radical (unpaired) electrons. The Bertz CT molecular complexity index is 107. The number of nitrogens with two attached hydrogens (primary N) is 2. The molecular weight excluding hydrogens is 136 g/mol. The number of rotatable bonds is 0. The smallest absolute Gasteiger partial charge is 0.182 e. The molecule has 0 aromatic rings. The molecule has 0 aromatic heterocycles. The quantitative estimate of drug-likeness (QED) is 0.300. The molecule has 60 valence electrons. The molecule has 6 N–H and O–H groups in total. The molecule has 0 amide bonds. The van der Waals surface area contributed by atoms with Crippen LogP contribution >= 0.6 is 0 Å². The Morgan fingerprint density at radius 3 is 2.40 bits per heavy atom. The molecule has 1 aliphatic rings. The SMILES string of the molecule is N[C@H]1[C@H](O)C(O)OC[C@@H]1N. The summed E-state index contributed by atoms with van der Waals surface area (Å²) in [5, 5.41) is 17.9. The van der Waals surface area contributed by atoms with E-state index in [4.69, 9.17) is 21.7 Å². The van der Waals surface area contributed by atoms with Gasteiger partial charge in [-0.1, -0.05) is 0 Å². The molecule has 1 rings (SSSR count). The third-order valence-corrected chi connectivity index (χ3v) is 1.64. The van der Waals surface area contributed by atoms with Crippen LogP contribution in [-0.4, -0.2) is 41.3 Å². The van der Waals surface area contributed by atoms with E-state index < -0.39 is 24.5 Å². The van der Waals surface area contributed by atoms with Crippen molar-refractivity contribution in [3.8, 4) is 0 Å². The van der Waals surface area contributed by atoms with Gasteiger partial charge in [0.1, 0.15) is 6.10 Å². The Kier molecular flexibility index (Phi) is 2.22. The summed E-state index contributed by atoms with van der Waals surface area (Å²) in [6, 6.07) is -0.984. The minimum absolute atomic E-state index is 0.194. The molecule has 1 heterocycles. The van der Waals surface area contributed by atoms with E-state index >= 15 is 0 Å². The van der Waals surface area contributed by atoms with E-state index in [2.05, 4.69) is 4.74 Å². The molecule has 4 atom stereocenters. The normalized spacial score (nSPS) is 49.2. The van der Waals surface area contributed by atoms with Gasteiger partial charge in [0.25, 0.3) is 0 Å². The second kappa shape index (κ2) is 2.81. The molecule has 5 heteroatoms. The Morgan fingerprint density at radius 1 is 1.30 bits per heavy atom. The highest BCUT2D eigenvalue weighted by Gasteiger charge is 2.33. The summed E-state index contributed by atoms with van der Waals surface area (Å²) < 4.78 is 4.67. The Hall–Kier alpha value is -0.200. The summed E-state index contributed by atoms with van der Waals surface area (Å²) in [7, 11) is 0. The number of ether oxygens (including phenoxy) is 1. The highest BCUT2D eigenvalue weighted by molar-refractivity contribution is 4.87. The zero-order valence-electron chi connectivity index (χ0n) is 5.47. The van der Waals surface area contributed by atoms with Gasteiger partial charge in [0, 0.05) is 6.04 Å². The summed E-state index contributed by atoms with van der Waals surface area (Å²) >= 11 is 0. The molecule has 5 nitrogen and oxygen atoms in total. The predicted molar refractivity (Wildman–Crippen MR) is 33.9 cm³/mol. The lowest BCUT2D eigenvalue weighted by molar-refractivity contribution is -0.196. The van der Waals surface area contributed by atoms with Crippen LogP contribution in [0.25, 0.3) is 0 Å². The van der Waals surface area contributed by atoms with Crippen molar-refractivity contribution in [3.05, 3.63) is 0 Å². The van der Waals surface area contributed by atoms with E-state index in [0.717, 1.165) is 0 Å². The van der Waals surface area contributed by atoms with Crippen LogP contribution in [0.15, 0.2) is 0 Å².